The average molecular weight is 1010 g/mol. The molecule has 2 aliphatic heterocycles. The van der Waals surface area contributed by atoms with Crippen LogP contribution in [0.15, 0.2) is 37.2 Å². The number of likely N-dealkylation sites (N-methyl/N-ethyl adjacent to an activating group) is 2. The van der Waals surface area contributed by atoms with E-state index in [4.69, 9.17) is 51.2 Å². The maximum atomic E-state index is 9.79. The topological polar surface area (TPSA) is 289 Å². The smallest absolute Gasteiger partial charge is 0.163 e. The van der Waals surface area contributed by atoms with E-state index in [9.17, 15) is 5.11 Å². The lowest BCUT2D eigenvalue weighted by Crippen LogP contribution is -2.35. The summed E-state index contributed by atoms with van der Waals surface area (Å²) in [4.78, 5) is 37.2. The van der Waals surface area contributed by atoms with Gasteiger partial charge in [0.2, 0.25) is 0 Å². The average Bonchev–Trinajstić information content (AvgIpc) is 4.24. The first-order valence-electron chi connectivity index (χ1n) is 24.9. The summed E-state index contributed by atoms with van der Waals surface area (Å²) in [6, 6.07) is 0. The van der Waals surface area contributed by atoms with Gasteiger partial charge in [-0.3, -0.25) is 0 Å². The lowest BCUT2D eigenvalue weighted by Gasteiger charge is -2.28. The minimum Gasteiger partial charge on any atom is -0.400 e. The first-order chi connectivity index (χ1) is 34.4. The second-order valence-corrected chi connectivity index (χ2v) is 19.2. The van der Waals surface area contributed by atoms with Gasteiger partial charge >= 0.3 is 0 Å². The summed E-state index contributed by atoms with van der Waals surface area (Å²) in [5.74, 6) is 1.99. The van der Waals surface area contributed by atoms with Crippen LogP contribution in [0.1, 0.15) is 102 Å². The van der Waals surface area contributed by atoms with Gasteiger partial charge in [-0.1, -0.05) is 39.0 Å². The van der Waals surface area contributed by atoms with Gasteiger partial charge in [0, 0.05) is 56.5 Å². The van der Waals surface area contributed by atoms with E-state index in [1.54, 1.807) is 6.33 Å². The van der Waals surface area contributed by atoms with E-state index in [1.165, 1.54) is 18.2 Å². The molecule has 20 heteroatoms. The number of nitrogens with zero attached hydrogens (tertiary/aromatic N) is 8. The molecule has 0 saturated carbocycles. The molecule has 0 spiro atoms. The predicted octanol–water partition coefficient (Wildman–Crippen LogP) is 3.85. The summed E-state index contributed by atoms with van der Waals surface area (Å²) in [5, 5.41) is 29.1. The minimum absolute atomic E-state index is 0.0666. The van der Waals surface area contributed by atoms with Gasteiger partial charge in [0.25, 0.3) is 0 Å². The number of hydrogen-bond donors (Lipinski definition) is 7. The highest BCUT2D eigenvalue weighted by molar-refractivity contribution is 5.75. The number of ether oxygens (including phenoxy) is 4. The number of nitrogens with one attached hydrogen (secondary N) is 1. The SMILES string of the molecule is C=O.CC[C@@H](CN(C)CC1=CCc2c(N)ncnc21)[C@@H](O)CO.CC[C@@H](CN(C)CC1=CCc2c(N)ncnc21)[C@@H]1COC(C)(C)O1.CC[C@@H](CNC)[C@@H]1COC(C)(C)O1.CO.Nc1ncnc2c1CC=C2. The quantitative estimate of drug-likeness (QED) is 0.101. The molecule has 0 amide bonds. The van der Waals surface area contributed by atoms with Crippen molar-refractivity contribution in [2.45, 2.75) is 117 Å². The zero-order valence-corrected chi connectivity index (χ0v) is 44.8. The number of carbonyl (C=O) groups excluding carboxylic acids is 1. The summed E-state index contributed by atoms with van der Waals surface area (Å²) < 4.78 is 23.1. The molecule has 72 heavy (non-hydrogen) atoms. The minimum atomic E-state index is -0.666. The van der Waals surface area contributed by atoms with Crippen LogP contribution in [0.4, 0.5) is 17.5 Å². The Labute approximate surface area is 427 Å². The number of nitrogen functional groups attached to an aromatic ring is 3. The largest absolute Gasteiger partial charge is 0.400 e. The van der Waals surface area contributed by atoms with E-state index in [2.05, 4.69) is 78.1 Å². The van der Waals surface area contributed by atoms with E-state index < -0.39 is 11.9 Å². The van der Waals surface area contributed by atoms with Gasteiger partial charge in [0.05, 0.1) is 55.2 Å². The number of aromatic nitrogens is 6. The fourth-order valence-corrected chi connectivity index (χ4v) is 9.20. The number of nitrogens with two attached hydrogens (primary N) is 3. The Morgan fingerprint density at radius 3 is 1.58 bits per heavy atom. The van der Waals surface area contributed by atoms with Gasteiger partial charge < -0.3 is 71.4 Å². The lowest BCUT2D eigenvalue weighted by molar-refractivity contribution is -0.145. The third-order valence-electron chi connectivity index (χ3n) is 13.1. The molecular formula is C52H86N12O8. The molecule has 402 valence electrons. The Hall–Kier alpha value is -4.87. The summed E-state index contributed by atoms with van der Waals surface area (Å²) in [7, 11) is 7.13. The number of anilines is 3. The van der Waals surface area contributed by atoms with Crippen molar-refractivity contribution in [3.8, 4) is 0 Å². The van der Waals surface area contributed by atoms with E-state index in [0.29, 0.717) is 35.9 Å². The van der Waals surface area contributed by atoms with Crippen LogP contribution in [-0.4, -0.2) is 172 Å². The maximum Gasteiger partial charge on any atom is 0.163 e. The Morgan fingerprint density at radius 2 is 1.17 bits per heavy atom. The van der Waals surface area contributed by atoms with Crippen molar-refractivity contribution in [1.82, 2.24) is 45.0 Å². The number of aliphatic hydroxyl groups is 3. The first kappa shape index (κ1) is 61.4. The van der Waals surface area contributed by atoms with Gasteiger partial charge in [0.1, 0.15) is 43.2 Å². The number of rotatable bonds is 17. The van der Waals surface area contributed by atoms with Gasteiger partial charge in [0.15, 0.2) is 11.6 Å². The Kier molecular flexibility index (Phi) is 25.9. The molecule has 3 aliphatic carbocycles. The van der Waals surface area contributed by atoms with Crippen molar-refractivity contribution in [2.75, 3.05) is 98.0 Å². The highest BCUT2D eigenvalue weighted by Gasteiger charge is 2.38. The van der Waals surface area contributed by atoms with Crippen molar-refractivity contribution < 1.29 is 39.1 Å². The molecule has 0 aromatic carbocycles. The van der Waals surface area contributed by atoms with E-state index in [0.717, 1.165) is 124 Å². The first-order valence-corrected chi connectivity index (χ1v) is 24.9. The molecule has 5 heterocycles. The zero-order chi connectivity index (χ0) is 53.6. The van der Waals surface area contributed by atoms with Crippen LogP contribution in [0.3, 0.4) is 0 Å². The summed E-state index contributed by atoms with van der Waals surface area (Å²) in [6.07, 6.45) is 18.2. The van der Waals surface area contributed by atoms with Crippen molar-refractivity contribution in [2.24, 2.45) is 17.8 Å². The lowest BCUT2D eigenvalue weighted by atomic mass is 9.99. The molecule has 3 aromatic heterocycles. The van der Waals surface area contributed by atoms with Crippen LogP contribution in [0.5, 0.6) is 0 Å². The van der Waals surface area contributed by atoms with Crippen LogP contribution in [0, 0.1) is 17.8 Å². The number of hydrogen-bond acceptors (Lipinski definition) is 20. The molecule has 6 atom stereocenters. The van der Waals surface area contributed by atoms with Crippen LogP contribution in [-0.2, 0) is 43.0 Å². The molecule has 5 aliphatic rings. The summed E-state index contributed by atoms with van der Waals surface area (Å²) >= 11 is 0. The van der Waals surface area contributed by atoms with Gasteiger partial charge in [-0.05, 0) is 122 Å². The monoisotopic (exact) mass is 1010 g/mol. The molecule has 3 aromatic rings. The van der Waals surface area contributed by atoms with E-state index in [-0.39, 0.29) is 30.5 Å². The third-order valence-corrected chi connectivity index (χ3v) is 13.1. The van der Waals surface area contributed by atoms with E-state index >= 15 is 0 Å². The normalized spacial score (nSPS) is 19.9. The molecule has 2 fully saturated rings. The van der Waals surface area contributed by atoms with Crippen LogP contribution in [0.25, 0.3) is 17.2 Å². The van der Waals surface area contributed by atoms with Gasteiger partial charge in [-0.2, -0.15) is 0 Å². The van der Waals surface area contributed by atoms with Gasteiger partial charge in [-0.25, -0.2) is 29.9 Å². The Morgan fingerprint density at radius 1 is 0.708 bits per heavy atom. The molecule has 0 radical (unpaired) electrons. The predicted molar refractivity (Wildman–Crippen MR) is 284 cm³/mol. The van der Waals surface area contributed by atoms with Crippen LogP contribution in [0.2, 0.25) is 0 Å². The zero-order valence-electron chi connectivity index (χ0n) is 44.8. The Balaban J connectivity index is 0.000000259. The van der Waals surface area contributed by atoms with Gasteiger partial charge in [-0.15, -0.1) is 0 Å². The molecule has 8 rings (SSSR count). The third kappa shape index (κ3) is 18.0. The number of carbonyl (C=O) groups is 1. The fraction of sp³-hybridized carbons (Fsp3) is 0.635. The number of allylic oxidation sites excluding steroid dienone is 3. The fourth-order valence-electron chi connectivity index (χ4n) is 9.20. The molecule has 0 bridgehead atoms. The molecule has 20 nitrogen and oxygen atoms in total. The van der Waals surface area contributed by atoms with Crippen molar-refractivity contribution >= 4 is 41.5 Å². The summed E-state index contributed by atoms with van der Waals surface area (Å²) in [6.45, 7) is 21.8. The van der Waals surface area contributed by atoms with Crippen LogP contribution >= 0.6 is 0 Å². The second kappa shape index (κ2) is 30.4. The van der Waals surface area contributed by atoms with Crippen molar-refractivity contribution in [3.05, 3.63) is 71.0 Å². The van der Waals surface area contributed by atoms with Crippen LogP contribution < -0.4 is 22.5 Å². The van der Waals surface area contributed by atoms with Crippen molar-refractivity contribution in [3.63, 3.8) is 0 Å². The highest BCUT2D eigenvalue weighted by atomic mass is 16.7. The molecule has 10 N–H and O–H groups in total. The van der Waals surface area contributed by atoms with E-state index in [1.807, 2.05) is 67.7 Å². The Bertz CT molecular complexity index is 2190. The highest BCUT2D eigenvalue weighted by Crippen LogP contribution is 2.32. The standard InChI is InChI=1S/C18H28N4O2.C15H24N4O2.C10H21NO2.C7H7N3.CH4O.CH2O/c1-5-12(15-10-23-18(2,3)24-15)8-22(4)9-13-6-7-14-16(13)20-11-21-17(14)19;1-3-10(13(21)8-20)6-19(2)7-11-4-5-12-14(11)17-9-18-15(12)16;1-5-8(6-11-4)9-7-12-10(2,3)13-9;8-7-5-2-1-3-6(5)9-4-10-7;2*1-2/h6,11-12,15H,5,7-10H2,1-4H3,(H2,19,20,21);4,9-10,13,20-21H,3,5-8H2,1-2H3,(H2,16,17,18);8-9,11H,5-7H2,1-4H3;1,3-4H,2H2,(H2,8,9,10);2H,1H3;1H2/t12-,15-;10-,13-;8-,9-;;;/m000.../s1. The molecule has 0 unspecified atom stereocenters. The summed E-state index contributed by atoms with van der Waals surface area (Å²) in [5.41, 5.74) is 25.8. The van der Waals surface area contributed by atoms with Crippen molar-refractivity contribution in [1.29, 1.82) is 0 Å². The maximum absolute atomic E-state index is 9.79. The number of fused-ring (bicyclic) bond motifs is 3. The number of aliphatic hydroxyl groups excluding tert-OH is 3. The molecule has 2 saturated heterocycles. The second-order valence-electron chi connectivity index (χ2n) is 19.2. The molecular weight excluding hydrogens is 921 g/mol.